The van der Waals surface area contributed by atoms with Gasteiger partial charge >= 0.3 is 6.03 Å². The molecule has 1 N–H and O–H groups in total. The highest BCUT2D eigenvalue weighted by Crippen LogP contribution is 2.32. The Kier molecular flexibility index (Phi) is 4.22. The zero-order chi connectivity index (χ0) is 19.1. The number of morpholine rings is 1. The van der Waals surface area contributed by atoms with Gasteiger partial charge in [-0.1, -0.05) is 12.1 Å². The predicted molar refractivity (Wildman–Crippen MR) is 108 cm³/mol. The number of oxazole rings is 1. The Morgan fingerprint density at radius 1 is 1.21 bits per heavy atom. The number of aryl methyl sites for hydroxylation is 1. The first-order valence-corrected chi connectivity index (χ1v) is 9.87. The van der Waals surface area contributed by atoms with Crippen LogP contribution in [0.2, 0.25) is 0 Å². The third-order valence-electron chi connectivity index (χ3n) is 4.73. The van der Waals surface area contributed by atoms with Crippen LogP contribution in [-0.2, 0) is 4.74 Å². The molecule has 3 heterocycles. The first-order valence-electron chi connectivity index (χ1n) is 9.05. The van der Waals surface area contributed by atoms with Gasteiger partial charge in [0.15, 0.2) is 11.5 Å². The number of fused-ring (bicyclic) bond motifs is 2. The van der Waals surface area contributed by atoms with E-state index >= 15 is 0 Å². The maximum absolute atomic E-state index is 13.0. The fraction of sp³-hybridized carbons (Fsp3) is 0.250. The first kappa shape index (κ1) is 17.2. The van der Waals surface area contributed by atoms with Crippen molar-refractivity contribution in [3.63, 3.8) is 0 Å². The number of anilines is 1. The molecule has 1 fully saturated rings. The van der Waals surface area contributed by atoms with Gasteiger partial charge in [-0.25, -0.2) is 14.8 Å². The van der Waals surface area contributed by atoms with Crippen molar-refractivity contribution >= 4 is 44.4 Å². The summed E-state index contributed by atoms with van der Waals surface area (Å²) in [5, 5.41) is 3.86. The summed E-state index contributed by atoms with van der Waals surface area (Å²) in [7, 11) is 0. The lowest BCUT2D eigenvalue weighted by Gasteiger charge is -2.34. The molecule has 2 amide bonds. The third-order valence-corrected chi connectivity index (χ3v) is 5.87. The number of benzene rings is 2. The van der Waals surface area contributed by atoms with Gasteiger partial charge in [-0.3, -0.25) is 0 Å². The number of aromatic nitrogens is 2. The summed E-state index contributed by atoms with van der Waals surface area (Å²) in [6, 6.07) is 13.1. The number of urea groups is 1. The van der Waals surface area contributed by atoms with Crippen molar-refractivity contribution in [2.75, 3.05) is 25.1 Å². The number of hydrogen-bond acceptors (Lipinski definition) is 6. The smallest absolute Gasteiger partial charge is 0.322 e. The van der Waals surface area contributed by atoms with Crippen LogP contribution in [0.25, 0.3) is 21.3 Å². The molecule has 0 radical (unpaired) electrons. The van der Waals surface area contributed by atoms with E-state index < -0.39 is 0 Å². The summed E-state index contributed by atoms with van der Waals surface area (Å²) in [5.74, 6) is 0.600. The van der Waals surface area contributed by atoms with E-state index in [2.05, 4.69) is 10.3 Å². The molecule has 0 bridgehead atoms. The van der Waals surface area contributed by atoms with E-state index in [9.17, 15) is 4.79 Å². The van der Waals surface area contributed by atoms with Crippen molar-refractivity contribution < 1.29 is 13.9 Å². The topological polar surface area (TPSA) is 80.5 Å². The summed E-state index contributed by atoms with van der Waals surface area (Å²) >= 11 is 1.60. The summed E-state index contributed by atoms with van der Waals surface area (Å²) in [4.78, 5) is 23.8. The molecular formula is C20H18N4O3S. The van der Waals surface area contributed by atoms with E-state index in [4.69, 9.17) is 14.1 Å². The number of para-hydroxylation sites is 1. The standard InChI is InChI=1S/C20H18N4O3S/c1-12-21-15-10-13(6-7-17(15)27-12)22-20(25)24-8-9-26-11-16(24)19-23-14-4-2-3-5-18(14)28-19/h2-7,10,16H,8-9,11H2,1H3,(H,22,25). The monoisotopic (exact) mass is 394 g/mol. The van der Waals surface area contributed by atoms with Crippen molar-refractivity contribution in [1.29, 1.82) is 0 Å². The number of nitrogens with zero attached hydrogens (tertiary/aromatic N) is 3. The molecule has 7 nitrogen and oxygen atoms in total. The van der Waals surface area contributed by atoms with Gasteiger partial charge in [0.25, 0.3) is 0 Å². The van der Waals surface area contributed by atoms with Gasteiger partial charge in [0.2, 0.25) is 0 Å². The van der Waals surface area contributed by atoms with Gasteiger partial charge in [-0.2, -0.15) is 0 Å². The summed E-state index contributed by atoms with van der Waals surface area (Å²) in [5.41, 5.74) is 3.05. The second kappa shape index (κ2) is 6.88. The second-order valence-corrected chi connectivity index (χ2v) is 7.71. The molecule has 4 aromatic rings. The molecule has 1 saturated heterocycles. The molecule has 0 spiro atoms. The number of ether oxygens (including phenoxy) is 1. The molecule has 1 aliphatic rings. The Hall–Kier alpha value is -2.97. The summed E-state index contributed by atoms with van der Waals surface area (Å²) in [6.45, 7) is 3.26. The van der Waals surface area contributed by atoms with E-state index in [-0.39, 0.29) is 12.1 Å². The molecule has 0 saturated carbocycles. The minimum atomic E-state index is -0.204. The lowest BCUT2D eigenvalue weighted by atomic mass is 10.2. The van der Waals surface area contributed by atoms with E-state index in [0.717, 1.165) is 20.7 Å². The number of hydrogen-bond donors (Lipinski definition) is 1. The molecule has 28 heavy (non-hydrogen) atoms. The highest BCUT2D eigenvalue weighted by Gasteiger charge is 2.31. The average molecular weight is 394 g/mol. The second-order valence-electron chi connectivity index (χ2n) is 6.65. The number of carbonyl (C=O) groups excluding carboxylic acids is 1. The molecule has 1 atom stereocenters. The van der Waals surface area contributed by atoms with Crippen LogP contribution in [0.15, 0.2) is 46.9 Å². The maximum Gasteiger partial charge on any atom is 0.322 e. The van der Waals surface area contributed by atoms with Crippen LogP contribution < -0.4 is 5.32 Å². The Labute approximate surface area is 164 Å². The Morgan fingerprint density at radius 3 is 3.00 bits per heavy atom. The predicted octanol–water partition coefficient (Wildman–Crippen LogP) is 4.35. The van der Waals surface area contributed by atoms with Crippen LogP contribution in [0.1, 0.15) is 16.9 Å². The molecule has 0 aliphatic carbocycles. The number of thiazole rings is 1. The van der Waals surface area contributed by atoms with Crippen LogP contribution in [0.5, 0.6) is 0 Å². The average Bonchev–Trinajstić information content (AvgIpc) is 3.30. The third kappa shape index (κ3) is 3.10. The van der Waals surface area contributed by atoms with Crippen LogP contribution in [-0.4, -0.2) is 40.7 Å². The highest BCUT2D eigenvalue weighted by molar-refractivity contribution is 7.18. The van der Waals surface area contributed by atoms with E-state index in [1.807, 2.05) is 42.5 Å². The number of amides is 2. The van der Waals surface area contributed by atoms with Crippen molar-refractivity contribution in [3.05, 3.63) is 53.4 Å². The Balaban J connectivity index is 1.40. The van der Waals surface area contributed by atoms with Crippen molar-refractivity contribution in [2.45, 2.75) is 13.0 Å². The van der Waals surface area contributed by atoms with Crippen molar-refractivity contribution in [2.24, 2.45) is 0 Å². The van der Waals surface area contributed by atoms with Crippen LogP contribution in [0.3, 0.4) is 0 Å². The molecule has 1 unspecified atom stereocenters. The van der Waals surface area contributed by atoms with Crippen LogP contribution in [0, 0.1) is 6.92 Å². The van der Waals surface area contributed by atoms with Crippen LogP contribution in [0.4, 0.5) is 10.5 Å². The lowest BCUT2D eigenvalue weighted by Crippen LogP contribution is -2.45. The number of rotatable bonds is 2. The number of nitrogens with one attached hydrogen (secondary N) is 1. The van der Waals surface area contributed by atoms with Crippen molar-refractivity contribution in [1.82, 2.24) is 14.9 Å². The van der Waals surface area contributed by atoms with E-state index in [1.165, 1.54) is 0 Å². The molecule has 5 rings (SSSR count). The molecular weight excluding hydrogens is 376 g/mol. The van der Waals surface area contributed by atoms with Gasteiger partial charge in [0, 0.05) is 19.2 Å². The van der Waals surface area contributed by atoms with E-state index in [0.29, 0.717) is 36.9 Å². The normalized spacial score (nSPS) is 17.3. The lowest BCUT2D eigenvalue weighted by molar-refractivity contribution is 0.0148. The molecule has 8 heteroatoms. The van der Waals surface area contributed by atoms with Gasteiger partial charge in [0.1, 0.15) is 16.6 Å². The van der Waals surface area contributed by atoms with Crippen molar-refractivity contribution in [3.8, 4) is 0 Å². The Bertz CT molecular complexity index is 1140. The summed E-state index contributed by atoms with van der Waals surface area (Å²) in [6.07, 6.45) is 0. The number of carbonyl (C=O) groups is 1. The Morgan fingerprint density at radius 2 is 2.11 bits per heavy atom. The zero-order valence-electron chi connectivity index (χ0n) is 15.2. The SMILES string of the molecule is Cc1nc2cc(NC(=O)N3CCOCC3c3nc4ccccc4s3)ccc2o1. The van der Waals surface area contributed by atoms with Gasteiger partial charge in [0.05, 0.1) is 23.4 Å². The van der Waals surface area contributed by atoms with Gasteiger partial charge in [-0.15, -0.1) is 11.3 Å². The minimum absolute atomic E-state index is 0.174. The molecule has 1 aliphatic heterocycles. The zero-order valence-corrected chi connectivity index (χ0v) is 16.0. The first-order chi connectivity index (χ1) is 13.7. The molecule has 142 valence electrons. The molecule has 2 aromatic carbocycles. The maximum atomic E-state index is 13.0. The van der Waals surface area contributed by atoms with E-state index in [1.54, 1.807) is 23.2 Å². The quantitative estimate of drug-likeness (QED) is 0.547. The van der Waals surface area contributed by atoms with Crippen LogP contribution >= 0.6 is 11.3 Å². The van der Waals surface area contributed by atoms with Gasteiger partial charge in [-0.05, 0) is 30.3 Å². The molecule has 2 aromatic heterocycles. The highest BCUT2D eigenvalue weighted by atomic mass is 32.1. The summed E-state index contributed by atoms with van der Waals surface area (Å²) < 4.78 is 12.2. The fourth-order valence-electron chi connectivity index (χ4n) is 3.40. The van der Waals surface area contributed by atoms with Gasteiger partial charge < -0.3 is 19.4 Å². The fourth-order valence-corrected chi connectivity index (χ4v) is 4.47. The minimum Gasteiger partial charge on any atom is -0.441 e. The largest absolute Gasteiger partial charge is 0.441 e.